The molecular formula is C28H37N3O5. The smallest absolute Gasteiger partial charge is 0.262 e. The highest BCUT2D eigenvalue weighted by Crippen LogP contribution is 2.30. The van der Waals surface area contributed by atoms with Crippen molar-refractivity contribution in [3.63, 3.8) is 0 Å². The average molecular weight is 496 g/mol. The third-order valence-electron chi connectivity index (χ3n) is 6.06. The van der Waals surface area contributed by atoms with E-state index in [1.807, 2.05) is 30.3 Å². The maximum Gasteiger partial charge on any atom is 0.262 e. The minimum absolute atomic E-state index is 0.164. The van der Waals surface area contributed by atoms with Gasteiger partial charge in [-0.25, -0.2) is 5.43 Å². The zero-order valence-electron chi connectivity index (χ0n) is 21.5. The van der Waals surface area contributed by atoms with Crippen LogP contribution in [0.15, 0.2) is 41.5 Å². The molecule has 8 heteroatoms. The molecule has 0 spiro atoms. The van der Waals surface area contributed by atoms with Crippen molar-refractivity contribution in [3.8, 4) is 17.2 Å². The van der Waals surface area contributed by atoms with Gasteiger partial charge in [0.25, 0.3) is 11.8 Å². The zero-order valence-corrected chi connectivity index (χ0v) is 21.5. The van der Waals surface area contributed by atoms with Crippen LogP contribution in [0, 0.1) is 0 Å². The number of amides is 2. The van der Waals surface area contributed by atoms with E-state index >= 15 is 0 Å². The van der Waals surface area contributed by atoms with E-state index in [1.54, 1.807) is 14.0 Å². The Morgan fingerprint density at radius 3 is 2.67 bits per heavy atom. The second kappa shape index (κ2) is 14.1. The largest absolute Gasteiger partial charge is 0.493 e. The molecule has 194 valence electrons. The zero-order chi connectivity index (χ0) is 25.8. The summed E-state index contributed by atoms with van der Waals surface area (Å²) in [4.78, 5) is 24.7. The molecule has 1 aliphatic rings. The van der Waals surface area contributed by atoms with Crippen LogP contribution < -0.4 is 25.0 Å². The SMILES string of the molecule is CCCCCOc1c(C=NNC(=O)C(C)NC(=O)COc2ccc3c(c2)CCCC3)cccc1OC. The molecule has 0 heterocycles. The lowest BCUT2D eigenvalue weighted by Crippen LogP contribution is -2.45. The summed E-state index contributed by atoms with van der Waals surface area (Å²) < 4.78 is 17.0. The second-order valence-electron chi connectivity index (χ2n) is 8.88. The molecule has 3 rings (SSSR count). The first-order chi connectivity index (χ1) is 17.5. The summed E-state index contributed by atoms with van der Waals surface area (Å²) in [6.45, 7) is 4.13. The lowest BCUT2D eigenvalue weighted by molar-refractivity contribution is -0.129. The number of aryl methyl sites for hydroxylation is 2. The molecule has 0 saturated heterocycles. The van der Waals surface area contributed by atoms with E-state index in [1.165, 1.54) is 30.2 Å². The molecule has 0 radical (unpaired) electrons. The number of methoxy groups -OCH3 is 1. The number of unbranched alkanes of at least 4 members (excludes halogenated alkanes) is 2. The number of carbonyl (C=O) groups excluding carboxylic acids is 2. The fourth-order valence-electron chi connectivity index (χ4n) is 4.04. The lowest BCUT2D eigenvalue weighted by Gasteiger charge is -2.17. The van der Waals surface area contributed by atoms with Crippen molar-refractivity contribution in [3.05, 3.63) is 53.1 Å². The van der Waals surface area contributed by atoms with Crippen molar-refractivity contribution in [1.82, 2.24) is 10.7 Å². The molecule has 0 aromatic heterocycles. The Hall–Kier alpha value is -3.55. The summed E-state index contributed by atoms with van der Waals surface area (Å²) in [6, 6.07) is 10.7. The molecule has 2 amide bonds. The Morgan fingerprint density at radius 1 is 1.08 bits per heavy atom. The fraction of sp³-hybridized carbons (Fsp3) is 0.464. The van der Waals surface area contributed by atoms with Gasteiger partial charge in [0.1, 0.15) is 11.8 Å². The van der Waals surface area contributed by atoms with Gasteiger partial charge in [-0.15, -0.1) is 0 Å². The van der Waals surface area contributed by atoms with Gasteiger partial charge >= 0.3 is 0 Å². The number of carbonyl (C=O) groups is 2. The molecule has 0 saturated carbocycles. The lowest BCUT2D eigenvalue weighted by atomic mass is 9.92. The van der Waals surface area contributed by atoms with Gasteiger partial charge in [-0.2, -0.15) is 5.10 Å². The van der Waals surface area contributed by atoms with Gasteiger partial charge in [0.05, 0.1) is 19.9 Å². The number of hydrogen-bond donors (Lipinski definition) is 2. The number of nitrogens with one attached hydrogen (secondary N) is 2. The predicted octanol–water partition coefficient (Wildman–Crippen LogP) is 4.18. The minimum Gasteiger partial charge on any atom is -0.493 e. The molecular weight excluding hydrogens is 458 g/mol. The standard InChI is InChI=1S/C28H37N3O5/c1-4-5-8-16-35-27-23(12-9-13-25(27)34-3)18-29-31-28(33)20(2)30-26(32)19-36-24-15-14-21-10-6-7-11-22(21)17-24/h9,12-15,17-18,20H,4-8,10-11,16,19H2,1-3H3,(H,30,32)(H,31,33). The Bertz CT molecular complexity index is 1050. The molecule has 0 fully saturated rings. The number of rotatable bonds is 13. The van der Waals surface area contributed by atoms with E-state index in [-0.39, 0.29) is 12.5 Å². The molecule has 1 atom stereocenters. The number of nitrogens with zero attached hydrogens (tertiary/aromatic N) is 1. The number of para-hydroxylation sites is 1. The van der Waals surface area contributed by atoms with Crippen molar-refractivity contribution in [2.75, 3.05) is 20.3 Å². The molecule has 2 aromatic carbocycles. The van der Waals surface area contributed by atoms with Crippen molar-refractivity contribution >= 4 is 18.0 Å². The van der Waals surface area contributed by atoms with Crippen molar-refractivity contribution in [2.45, 2.75) is 64.8 Å². The Labute approximate surface area is 213 Å². The van der Waals surface area contributed by atoms with Crippen LogP contribution in [0.4, 0.5) is 0 Å². The summed E-state index contributed by atoms with van der Waals surface area (Å²) in [5.74, 6) is 1.02. The van der Waals surface area contributed by atoms with Gasteiger partial charge < -0.3 is 19.5 Å². The van der Waals surface area contributed by atoms with E-state index in [2.05, 4.69) is 28.8 Å². The maximum atomic E-state index is 12.4. The Balaban J connectivity index is 1.47. The number of benzene rings is 2. The van der Waals surface area contributed by atoms with Crippen LogP contribution >= 0.6 is 0 Å². The van der Waals surface area contributed by atoms with E-state index in [0.29, 0.717) is 29.4 Å². The first-order valence-corrected chi connectivity index (χ1v) is 12.7. The predicted molar refractivity (Wildman–Crippen MR) is 140 cm³/mol. The highest BCUT2D eigenvalue weighted by atomic mass is 16.5. The summed E-state index contributed by atoms with van der Waals surface area (Å²) in [5.41, 5.74) is 5.79. The van der Waals surface area contributed by atoms with Crippen molar-refractivity contribution < 1.29 is 23.8 Å². The third-order valence-corrected chi connectivity index (χ3v) is 6.06. The molecule has 2 N–H and O–H groups in total. The van der Waals surface area contributed by atoms with Crippen LogP contribution in [0.2, 0.25) is 0 Å². The van der Waals surface area contributed by atoms with Gasteiger partial charge in [-0.1, -0.05) is 31.9 Å². The van der Waals surface area contributed by atoms with Gasteiger partial charge in [-0.3, -0.25) is 9.59 Å². The van der Waals surface area contributed by atoms with Crippen LogP contribution in [0.3, 0.4) is 0 Å². The summed E-state index contributed by atoms with van der Waals surface area (Å²) in [6.07, 6.45) is 9.15. The fourth-order valence-corrected chi connectivity index (χ4v) is 4.04. The Kier molecular flexibility index (Phi) is 10.6. The second-order valence-corrected chi connectivity index (χ2v) is 8.88. The van der Waals surface area contributed by atoms with E-state index in [0.717, 1.165) is 32.1 Å². The van der Waals surface area contributed by atoms with Gasteiger partial charge in [0.2, 0.25) is 0 Å². The van der Waals surface area contributed by atoms with Crippen LogP contribution in [0.1, 0.15) is 62.6 Å². The summed E-state index contributed by atoms with van der Waals surface area (Å²) in [5, 5.41) is 6.68. The summed E-state index contributed by atoms with van der Waals surface area (Å²) >= 11 is 0. The van der Waals surface area contributed by atoms with Crippen molar-refractivity contribution in [1.29, 1.82) is 0 Å². The number of ether oxygens (including phenoxy) is 3. The molecule has 8 nitrogen and oxygen atoms in total. The van der Waals surface area contributed by atoms with Crippen molar-refractivity contribution in [2.24, 2.45) is 5.10 Å². The van der Waals surface area contributed by atoms with Gasteiger partial charge in [0, 0.05) is 5.56 Å². The molecule has 0 aliphatic heterocycles. The van der Waals surface area contributed by atoms with Crippen LogP contribution in [0.25, 0.3) is 0 Å². The van der Waals surface area contributed by atoms with E-state index in [9.17, 15) is 9.59 Å². The molecule has 36 heavy (non-hydrogen) atoms. The number of hydrogen-bond acceptors (Lipinski definition) is 6. The number of hydrazone groups is 1. The first-order valence-electron chi connectivity index (χ1n) is 12.7. The summed E-state index contributed by atoms with van der Waals surface area (Å²) in [7, 11) is 1.58. The van der Waals surface area contributed by atoms with Gasteiger partial charge in [-0.05, 0) is 74.4 Å². The monoisotopic (exact) mass is 495 g/mol. The number of fused-ring (bicyclic) bond motifs is 1. The molecule has 1 aliphatic carbocycles. The van der Waals surface area contributed by atoms with E-state index in [4.69, 9.17) is 14.2 Å². The average Bonchev–Trinajstić information content (AvgIpc) is 2.90. The maximum absolute atomic E-state index is 12.4. The third kappa shape index (κ3) is 8.00. The molecule has 0 bridgehead atoms. The molecule has 1 unspecified atom stereocenters. The molecule has 2 aromatic rings. The normalized spacial score (nSPS) is 13.5. The first kappa shape index (κ1) is 27.0. The van der Waals surface area contributed by atoms with Gasteiger partial charge in [0.15, 0.2) is 18.1 Å². The minimum atomic E-state index is -0.781. The quantitative estimate of drug-likeness (QED) is 0.247. The van der Waals surface area contributed by atoms with Crippen LogP contribution in [0.5, 0.6) is 17.2 Å². The van der Waals surface area contributed by atoms with E-state index < -0.39 is 11.9 Å². The topological polar surface area (TPSA) is 98.2 Å². The van der Waals surface area contributed by atoms with Crippen LogP contribution in [-0.2, 0) is 22.4 Å². The Morgan fingerprint density at radius 2 is 1.89 bits per heavy atom. The highest BCUT2D eigenvalue weighted by molar-refractivity contribution is 5.90. The van der Waals surface area contributed by atoms with Crippen LogP contribution in [-0.4, -0.2) is 44.4 Å². The highest BCUT2D eigenvalue weighted by Gasteiger charge is 2.16.